The molecule has 0 aromatic heterocycles. The lowest BCUT2D eigenvalue weighted by molar-refractivity contribution is -0.0328. The number of benzene rings is 3. The van der Waals surface area contributed by atoms with Crippen molar-refractivity contribution in [1.29, 1.82) is 0 Å². The molecule has 30 heavy (non-hydrogen) atoms. The number of hydrogen-bond donors (Lipinski definition) is 0. The van der Waals surface area contributed by atoms with Gasteiger partial charge >= 0.3 is 5.51 Å². The van der Waals surface area contributed by atoms with Gasteiger partial charge in [0.05, 0.1) is 6.04 Å². The van der Waals surface area contributed by atoms with Crippen LogP contribution in [0.1, 0.15) is 33.1 Å². The summed E-state index contributed by atoms with van der Waals surface area (Å²) in [5.74, 6) is -0.638. The number of thioether (sulfide) groups is 1. The normalized spacial score (nSPS) is 16.3. The van der Waals surface area contributed by atoms with Crippen LogP contribution in [0, 0.1) is 5.82 Å². The maximum Gasteiger partial charge on any atom is 0.446 e. The molecule has 1 amide bonds. The molecule has 3 aromatic rings. The largest absolute Gasteiger partial charge is 0.446 e. The zero-order chi connectivity index (χ0) is 21.3. The van der Waals surface area contributed by atoms with Crippen molar-refractivity contribution in [2.45, 2.75) is 22.9 Å². The lowest BCUT2D eigenvalue weighted by Crippen LogP contribution is -2.40. The summed E-state index contributed by atoms with van der Waals surface area (Å²) in [6, 6.07) is 18.9. The molecule has 1 aliphatic rings. The van der Waals surface area contributed by atoms with Crippen molar-refractivity contribution in [1.82, 2.24) is 4.90 Å². The minimum Gasteiger partial charge on any atom is -0.327 e. The fourth-order valence-corrected chi connectivity index (χ4v) is 4.29. The summed E-state index contributed by atoms with van der Waals surface area (Å²) in [5.41, 5.74) is -1.20. The second-order valence-corrected chi connectivity index (χ2v) is 8.11. The summed E-state index contributed by atoms with van der Waals surface area (Å²) in [7, 11) is 0. The van der Waals surface area contributed by atoms with Gasteiger partial charge in [-0.25, -0.2) is 4.39 Å². The first-order valence-electron chi connectivity index (χ1n) is 9.32. The quantitative estimate of drug-likeness (QED) is 0.362. The van der Waals surface area contributed by atoms with E-state index >= 15 is 0 Å². The molecule has 0 N–H and O–H groups in total. The number of hydrogen-bond acceptors (Lipinski definition) is 2. The number of nitrogens with zero attached hydrogens (tertiary/aromatic N) is 1. The molecule has 0 spiro atoms. The van der Waals surface area contributed by atoms with Crippen molar-refractivity contribution in [3.63, 3.8) is 0 Å². The van der Waals surface area contributed by atoms with Gasteiger partial charge in [-0.2, -0.15) is 13.2 Å². The summed E-state index contributed by atoms with van der Waals surface area (Å²) < 4.78 is 51.1. The predicted molar refractivity (Wildman–Crippen MR) is 108 cm³/mol. The Kier molecular flexibility index (Phi) is 5.56. The Balaban J connectivity index is 1.68. The van der Waals surface area contributed by atoms with Gasteiger partial charge in [0.1, 0.15) is 5.82 Å². The van der Waals surface area contributed by atoms with Crippen molar-refractivity contribution in [2.24, 2.45) is 0 Å². The van der Waals surface area contributed by atoms with Gasteiger partial charge < -0.3 is 4.90 Å². The first-order chi connectivity index (χ1) is 14.3. The van der Waals surface area contributed by atoms with Gasteiger partial charge in [0.2, 0.25) is 0 Å². The first-order valence-corrected chi connectivity index (χ1v) is 10.1. The van der Waals surface area contributed by atoms with Crippen LogP contribution in [0.15, 0.2) is 77.7 Å². The summed E-state index contributed by atoms with van der Waals surface area (Å²) >= 11 is -0.214. The van der Waals surface area contributed by atoms with Gasteiger partial charge in [-0.05, 0) is 71.3 Å². The maximum absolute atomic E-state index is 13.5. The second kappa shape index (κ2) is 8.14. The number of carbonyl (C=O) groups excluding carboxylic acids is 1. The molecule has 0 fully saturated rings. The number of halogens is 4. The van der Waals surface area contributed by atoms with E-state index in [1.54, 1.807) is 17.0 Å². The van der Waals surface area contributed by atoms with E-state index in [2.05, 4.69) is 0 Å². The molecular formula is C23H17F4NOS. The van der Waals surface area contributed by atoms with E-state index in [4.69, 9.17) is 0 Å². The Morgan fingerprint density at radius 2 is 1.60 bits per heavy atom. The van der Waals surface area contributed by atoms with Crippen molar-refractivity contribution in [3.05, 3.63) is 101 Å². The average molecular weight is 431 g/mol. The fraction of sp³-hybridized carbons (Fsp3) is 0.174. The highest BCUT2D eigenvalue weighted by Gasteiger charge is 2.33. The number of carbonyl (C=O) groups is 1. The topological polar surface area (TPSA) is 20.3 Å². The molecule has 7 heteroatoms. The van der Waals surface area contributed by atoms with Crippen molar-refractivity contribution >= 4 is 17.7 Å². The van der Waals surface area contributed by atoms with Crippen LogP contribution in [0.2, 0.25) is 0 Å². The number of rotatable bonds is 3. The highest BCUT2D eigenvalue weighted by molar-refractivity contribution is 8.00. The summed E-state index contributed by atoms with van der Waals surface area (Å²) in [6.07, 6.45) is 0.668. The van der Waals surface area contributed by atoms with E-state index in [1.165, 1.54) is 36.4 Å². The van der Waals surface area contributed by atoms with Gasteiger partial charge in [0, 0.05) is 17.0 Å². The molecule has 0 radical (unpaired) electrons. The SMILES string of the molecule is O=C(c1ccc(SC(F)(F)F)cc1)N1CCc2ccccc2[C@H]1c1ccc(F)cc1. The van der Waals surface area contributed by atoms with E-state index in [9.17, 15) is 22.4 Å². The molecule has 3 aromatic carbocycles. The predicted octanol–water partition coefficient (Wildman–Crippen LogP) is 6.23. The molecule has 0 saturated carbocycles. The molecule has 0 unspecified atom stereocenters. The first kappa shape index (κ1) is 20.5. The summed E-state index contributed by atoms with van der Waals surface area (Å²) in [4.78, 5) is 15.0. The molecule has 1 atom stereocenters. The Morgan fingerprint density at radius 3 is 2.27 bits per heavy atom. The van der Waals surface area contributed by atoms with Crippen LogP contribution >= 0.6 is 11.8 Å². The highest BCUT2D eigenvalue weighted by Crippen LogP contribution is 2.38. The van der Waals surface area contributed by atoms with Crippen molar-refractivity contribution < 1.29 is 22.4 Å². The maximum atomic E-state index is 13.5. The van der Waals surface area contributed by atoms with Gasteiger partial charge in [0.25, 0.3) is 5.91 Å². The number of amides is 1. The molecule has 0 bridgehead atoms. The average Bonchev–Trinajstić information content (AvgIpc) is 2.72. The Labute approximate surface area is 175 Å². The zero-order valence-corrected chi connectivity index (χ0v) is 16.5. The molecule has 2 nitrogen and oxygen atoms in total. The third kappa shape index (κ3) is 4.36. The number of fused-ring (bicyclic) bond motifs is 1. The van der Waals surface area contributed by atoms with Crippen LogP contribution in [0.3, 0.4) is 0 Å². The third-order valence-corrected chi connectivity index (χ3v) is 5.80. The molecule has 154 valence electrons. The van der Waals surface area contributed by atoms with Crippen LogP contribution in [-0.4, -0.2) is 22.9 Å². The van der Waals surface area contributed by atoms with E-state index in [0.29, 0.717) is 18.5 Å². The van der Waals surface area contributed by atoms with E-state index in [1.807, 2.05) is 24.3 Å². The summed E-state index contributed by atoms with van der Waals surface area (Å²) in [5, 5.41) is 0. The highest BCUT2D eigenvalue weighted by atomic mass is 32.2. The van der Waals surface area contributed by atoms with E-state index in [0.717, 1.165) is 16.7 Å². The monoisotopic (exact) mass is 431 g/mol. The van der Waals surface area contributed by atoms with Crippen LogP contribution in [0.4, 0.5) is 17.6 Å². The smallest absolute Gasteiger partial charge is 0.327 e. The van der Waals surface area contributed by atoms with Crippen molar-refractivity contribution in [2.75, 3.05) is 6.54 Å². The molecule has 0 aliphatic carbocycles. The van der Waals surface area contributed by atoms with Crippen LogP contribution in [-0.2, 0) is 6.42 Å². The number of alkyl halides is 3. The van der Waals surface area contributed by atoms with Gasteiger partial charge in [0.15, 0.2) is 0 Å². The molecular weight excluding hydrogens is 414 g/mol. The minimum absolute atomic E-state index is 0.0260. The van der Waals surface area contributed by atoms with Crippen LogP contribution < -0.4 is 0 Å². The lowest BCUT2D eigenvalue weighted by Gasteiger charge is -2.38. The second-order valence-electron chi connectivity index (χ2n) is 6.97. The van der Waals surface area contributed by atoms with Crippen molar-refractivity contribution in [3.8, 4) is 0 Å². The molecule has 1 heterocycles. The van der Waals surface area contributed by atoms with Gasteiger partial charge in [-0.15, -0.1) is 0 Å². The Bertz CT molecular complexity index is 1050. The minimum atomic E-state index is -4.38. The van der Waals surface area contributed by atoms with Crippen LogP contribution in [0.5, 0.6) is 0 Å². The Hall–Kier alpha value is -2.80. The molecule has 4 rings (SSSR count). The van der Waals surface area contributed by atoms with E-state index in [-0.39, 0.29) is 28.4 Å². The van der Waals surface area contributed by atoms with Crippen LogP contribution in [0.25, 0.3) is 0 Å². The standard InChI is InChI=1S/C23H17F4NOS/c24-18-9-5-16(6-10-18)21-20-4-2-1-3-15(20)13-14-28(21)22(29)17-7-11-19(12-8-17)30-23(25,26)27/h1-12,21H,13-14H2/t21-/m1/s1. The zero-order valence-electron chi connectivity index (χ0n) is 15.7. The third-order valence-electron chi connectivity index (χ3n) is 5.06. The fourth-order valence-electron chi connectivity index (χ4n) is 3.75. The van der Waals surface area contributed by atoms with E-state index < -0.39 is 11.6 Å². The Morgan fingerprint density at radius 1 is 0.933 bits per heavy atom. The van der Waals surface area contributed by atoms with Gasteiger partial charge in [-0.1, -0.05) is 36.4 Å². The molecule has 0 saturated heterocycles. The lowest BCUT2D eigenvalue weighted by atomic mass is 9.87. The summed E-state index contributed by atoms with van der Waals surface area (Å²) in [6.45, 7) is 0.455. The molecule has 1 aliphatic heterocycles. The van der Waals surface area contributed by atoms with Gasteiger partial charge in [-0.3, -0.25) is 4.79 Å².